The average molecular weight is 291 g/mol. The van der Waals surface area contributed by atoms with Crippen LogP contribution in [0.25, 0.3) is 0 Å². The van der Waals surface area contributed by atoms with Crippen LogP contribution in [0.3, 0.4) is 0 Å². The van der Waals surface area contributed by atoms with Crippen molar-refractivity contribution in [2.24, 2.45) is 0 Å². The first-order chi connectivity index (χ1) is 10.0. The van der Waals surface area contributed by atoms with E-state index in [4.69, 9.17) is 5.11 Å². The molecular formula is C15H21N3O3. The van der Waals surface area contributed by atoms with Crippen LogP contribution in [0.15, 0.2) is 24.3 Å². The van der Waals surface area contributed by atoms with Gasteiger partial charge in [0.25, 0.3) is 0 Å². The van der Waals surface area contributed by atoms with Gasteiger partial charge >= 0.3 is 12.0 Å². The van der Waals surface area contributed by atoms with E-state index in [0.717, 1.165) is 18.5 Å². The number of hydrogen-bond donors (Lipinski definition) is 4. The van der Waals surface area contributed by atoms with Crippen molar-refractivity contribution in [2.45, 2.75) is 37.8 Å². The highest BCUT2D eigenvalue weighted by Gasteiger charge is 2.40. The standard InChI is InChI=1S/C15H21N3O3/c1-16-10-11-4-2-5-12(8-11)17-14(21)18-15(6-3-7-15)9-13(19)20/h2,4-5,8,16H,3,6-7,9-10H2,1H3,(H,19,20)(H2,17,18,21). The first-order valence-corrected chi connectivity index (χ1v) is 7.07. The third-order valence-electron chi connectivity index (χ3n) is 3.74. The Morgan fingerprint density at radius 2 is 2.10 bits per heavy atom. The molecule has 0 saturated heterocycles. The Morgan fingerprint density at radius 3 is 2.67 bits per heavy atom. The zero-order chi connectivity index (χ0) is 15.3. The number of amides is 2. The minimum absolute atomic E-state index is 0.0276. The number of benzene rings is 1. The van der Waals surface area contributed by atoms with Crippen molar-refractivity contribution in [1.82, 2.24) is 10.6 Å². The van der Waals surface area contributed by atoms with Gasteiger partial charge in [0.1, 0.15) is 0 Å². The molecule has 0 radical (unpaired) electrons. The van der Waals surface area contributed by atoms with Crippen LogP contribution in [-0.2, 0) is 11.3 Å². The summed E-state index contributed by atoms with van der Waals surface area (Å²) < 4.78 is 0. The second-order valence-electron chi connectivity index (χ2n) is 5.51. The van der Waals surface area contributed by atoms with E-state index in [2.05, 4.69) is 16.0 Å². The van der Waals surface area contributed by atoms with E-state index >= 15 is 0 Å². The SMILES string of the molecule is CNCc1cccc(NC(=O)NC2(CC(=O)O)CCC2)c1. The lowest BCUT2D eigenvalue weighted by Crippen LogP contribution is -2.55. The number of carboxylic acid groups (broad SMARTS) is 1. The molecule has 0 atom stereocenters. The smallest absolute Gasteiger partial charge is 0.319 e. The Hall–Kier alpha value is -2.08. The van der Waals surface area contributed by atoms with Gasteiger partial charge in [0.05, 0.1) is 12.0 Å². The number of aliphatic carboxylic acids is 1. The Balaban J connectivity index is 1.95. The van der Waals surface area contributed by atoms with E-state index in [9.17, 15) is 9.59 Å². The van der Waals surface area contributed by atoms with E-state index in [1.165, 1.54) is 0 Å². The van der Waals surface area contributed by atoms with E-state index < -0.39 is 11.5 Å². The molecule has 6 nitrogen and oxygen atoms in total. The lowest BCUT2D eigenvalue weighted by molar-refractivity contribution is -0.139. The summed E-state index contributed by atoms with van der Waals surface area (Å²) in [5, 5.41) is 17.6. The lowest BCUT2D eigenvalue weighted by atomic mass is 9.74. The topological polar surface area (TPSA) is 90.5 Å². The number of carboxylic acids is 1. The summed E-state index contributed by atoms with van der Waals surface area (Å²) >= 11 is 0. The molecule has 0 spiro atoms. The van der Waals surface area contributed by atoms with Crippen molar-refractivity contribution in [3.8, 4) is 0 Å². The van der Waals surface area contributed by atoms with Crippen molar-refractivity contribution in [3.05, 3.63) is 29.8 Å². The Bertz CT molecular complexity index is 527. The van der Waals surface area contributed by atoms with Gasteiger partial charge in [0.15, 0.2) is 0 Å². The van der Waals surface area contributed by atoms with E-state index in [1.54, 1.807) is 0 Å². The predicted molar refractivity (Wildman–Crippen MR) is 80.2 cm³/mol. The molecule has 0 heterocycles. The predicted octanol–water partition coefficient (Wildman–Crippen LogP) is 1.92. The van der Waals surface area contributed by atoms with Gasteiger partial charge in [-0.3, -0.25) is 4.79 Å². The average Bonchev–Trinajstić information content (AvgIpc) is 2.36. The van der Waals surface area contributed by atoms with Crippen LogP contribution in [0.2, 0.25) is 0 Å². The number of urea groups is 1. The maximum atomic E-state index is 12.0. The first-order valence-electron chi connectivity index (χ1n) is 7.07. The minimum atomic E-state index is -0.883. The van der Waals surface area contributed by atoms with Crippen molar-refractivity contribution in [3.63, 3.8) is 0 Å². The maximum absolute atomic E-state index is 12.0. The number of carbonyl (C=O) groups excluding carboxylic acids is 1. The number of hydrogen-bond acceptors (Lipinski definition) is 3. The zero-order valence-electron chi connectivity index (χ0n) is 12.1. The first kappa shape index (κ1) is 15.3. The van der Waals surface area contributed by atoms with Crippen LogP contribution >= 0.6 is 0 Å². The fraction of sp³-hybridized carbons (Fsp3) is 0.467. The highest BCUT2D eigenvalue weighted by Crippen LogP contribution is 2.34. The van der Waals surface area contributed by atoms with Gasteiger partial charge in [0, 0.05) is 12.2 Å². The van der Waals surface area contributed by atoms with Crippen molar-refractivity contribution >= 4 is 17.7 Å². The molecule has 0 aliphatic heterocycles. The molecule has 114 valence electrons. The zero-order valence-corrected chi connectivity index (χ0v) is 12.1. The van der Waals surface area contributed by atoms with Gasteiger partial charge in [-0.2, -0.15) is 0 Å². The number of anilines is 1. The molecule has 0 bridgehead atoms. The summed E-state index contributed by atoms with van der Waals surface area (Å²) in [7, 11) is 1.86. The normalized spacial score (nSPS) is 15.9. The number of rotatable bonds is 6. The van der Waals surface area contributed by atoms with Gasteiger partial charge in [0.2, 0.25) is 0 Å². The molecule has 2 amide bonds. The summed E-state index contributed by atoms with van der Waals surface area (Å²) in [6.45, 7) is 0.722. The molecule has 2 rings (SSSR count). The van der Waals surface area contributed by atoms with Crippen LogP contribution < -0.4 is 16.0 Å². The molecule has 6 heteroatoms. The fourth-order valence-electron chi connectivity index (χ4n) is 2.61. The number of carbonyl (C=O) groups is 2. The van der Waals surface area contributed by atoms with E-state index in [-0.39, 0.29) is 12.5 Å². The van der Waals surface area contributed by atoms with Gasteiger partial charge in [-0.25, -0.2) is 4.79 Å². The Labute approximate surface area is 123 Å². The molecule has 4 N–H and O–H groups in total. The molecule has 1 fully saturated rings. The summed E-state index contributed by atoms with van der Waals surface area (Å²) in [5.74, 6) is -0.883. The quantitative estimate of drug-likeness (QED) is 0.644. The van der Waals surface area contributed by atoms with Crippen LogP contribution in [0.5, 0.6) is 0 Å². The highest BCUT2D eigenvalue weighted by atomic mass is 16.4. The molecular weight excluding hydrogens is 270 g/mol. The second-order valence-corrected chi connectivity index (χ2v) is 5.51. The molecule has 1 saturated carbocycles. The molecule has 0 aromatic heterocycles. The maximum Gasteiger partial charge on any atom is 0.319 e. The largest absolute Gasteiger partial charge is 0.481 e. The van der Waals surface area contributed by atoms with Gasteiger partial charge < -0.3 is 21.1 Å². The third kappa shape index (κ3) is 4.19. The van der Waals surface area contributed by atoms with Crippen molar-refractivity contribution in [1.29, 1.82) is 0 Å². The molecule has 1 aliphatic carbocycles. The monoisotopic (exact) mass is 291 g/mol. The molecule has 1 aromatic rings. The van der Waals surface area contributed by atoms with E-state index in [1.807, 2.05) is 31.3 Å². The highest BCUT2D eigenvalue weighted by molar-refractivity contribution is 5.90. The van der Waals surface area contributed by atoms with Crippen LogP contribution in [0.4, 0.5) is 10.5 Å². The molecule has 21 heavy (non-hydrogen) atoms. The molecule has 1 aromatic carbocycles. The van der Waals surface area contributed by atoms with Gasteiger partial charge in [-0.1, -0.05) is 12.1 Å². The molecule has 1 aliphatic rings. The van der Waals surface area contributed by atoms with E-state index in [0.29, 0.717) is 18.5 Å². The van der Waals surface area contributed by atoms with Crippen molar-refractivity contribution < 1.29 is 14.7 Å². The van der Waals surface area contributed by atoms with Crippen LogP contribution in [-0.4, -0.2) is 29.7 Å². The minimum Gasteiger partial charge on any atom is -0.481 e. The van der Waals surface area contributed by atoms with Crippen LogP contribution in [0, 0.1) is 0 Å². The summed E-state index contributed by atoms with van der Waals surface area (Å²) in [6.07, 6.45) is 2.35. The summed E-state index contributed by atoms with van der Waals surface area (Å²) in [6, 6.07) is 7.19. The molecule has 0 unspecified atom stereocenters. The second kappa shape index (κ2) is 6.58. The summed E-state index contributed by atoms with van der Waals surface area (Å²) in [4.78, 5) is 22.9. The Kier molecular flexibility index (Phi) is 4.80. The van der Waals surface area contributed by atoms with Crippen molar-refractivity contribution in [2.75, 3.05) is 12.4 Å². The summed E-state index contributed by atoms with van der Waals surface area (Å²) in [5.41, 5.74) is 1.18. The van der Waals surface area contributed by atoms with Crippen LogP contribution in [0.1, 0.15) is 31.2 Å². The number of nitrogens with one attached hydrogen (secondary N) is 3. The Morgan fingerprint density at radius 1 is 1.33 bits per heavy atom. The fourth-order valence-corrected chi connectivity index (χ4v) is 2.61. The lowest BCUT2D eigenvalue weighted by Gasteiger charge is -2.41. The third-order valence-corrected chi connectivity index (χ3v) is 3.74. The van der Waals surface area contributed by atoms with Gasteiger partial charge in [-0.15, -0.1) is 0 Å². The van der Waals surface area contributed by atoms with Gasteiger partial charge in [-0.05, 0) is 44.0 Å².